The van der Waals surface area contributed by atoms with E-state index in [1.807, 2.05) is 12.1 Å². The smallest absolute Gasteiger partial charge is 0.280 e. The van der Waals surface area contributed by atoms with Gasteiger partial charge in [0.1, 0.15) is 17.0 Å². The number of carbonyl (C=O) groups excluding carboxylic acids is 2. The van der Waals surface area contributed by atoms with E-state index in [0.717, 1.165) is 10.1 Å². The lowest BCUT2D eigenvalue weighted by molar-refractivity contribution is -0.123. The number of methoxy groups -OCH3 is 1. The van der Waals surface area contributed by atoms with Crippen LogP contribution in [0.2, 0.25) is 0 Å². The van der Waals surface area contributed by atoms with Crippen LogP contribution >= 0.6 is 0 Å². The van der Waals surface area contributed by atoms with Crippen LogP contribution in [0.25, 0.3) is 5.65 Å². The number of rotatable bonds is 5. The Hall–Kier alpha value is -3.56. The van der Waals surface area contributed by atoms with Crippen molar-refractivity contribution >= 4 is 17.5 Å². The number of alkyl halides is 2. The first kappa shape index (κ1) is 20.7. The molecule has 2 aromatic heterocycles. The Morgan fingerprint density at radius 2 is 2.06 bits per heavy atom. The summed E-state index contributed by atoms with van der Waals surface area (Å²) in [5.74, 6) is 0.0725. The van der Waals surface area contributed by atoms with Crippen LogP contribution in [0.3, 0.4) is 0 Å². The van der Waals surface area contributed by atoms with Gasteiger partial charge in [-0.15, -0.1) is 0 Å². The molecule has 1 aromatic carbocycles. The average Bonchev–Trinajstić information content (AvgIpc) is 3.18. The Morgan fingerprint density at radius 3 is 2.74 bits per heavy atom. The second-order valence-electron chi connectivity index (χ2n) is 7.35. The highest BCUT2D eigenvalue weighted by molar-refractivity contribution is 6.00. The summed E-state index contributed by atoms with van der Waals surface area (Å²) in [6, 6.07) is 7.60. The van der Waals surface area contributed by atoms with Gasteiger partial charge in [0.2, 0.25) is 5.91 Å². The molecular formula is C21H21F2N5O3. The van der Waals surface area contributed by atoms with Crippen molar-refractivity contribution in [1.82, 2.24) is 25.2 Å². The van der Waals surface area contributed by atoms with E-state index < -0.39 is 24.4 Å². The Kier molecular flexibility index (Phi) is 5.53. The molecule has 0 aliphatic carbocycles. The van der Waals surface area contributed by atoms with Crippen LogP contribution in [0.15, 0.2) is 36.5 Å². The van der Waals surface area contributed by atoms with Gasteiger partial charge in [0.15, 0.2) is 5.65 Å². The van der Waals surface area contributed by atoms with Crippen LogP contribution in [0.1, 0.15) is 52.6 Å². The zero-order valence-corrected chi connectivity index (χ0v) is 16.9. The second kappa shape index (κ2) is 8.29. The van der Waals surface area contributed by atoms with Crippen LogP contribution in [-0.2, 0) is 4.79 Å². The van der Waals surface area contributed by atoms with E-state index in [2.05, 4.69) is 20.7 Å². The normalized spacial score (nSPS) is 18.8. The van der Waals surface area contributed by atoms with Crippen LogP contribution in [-0.4, -0.2) is 39.6 Å². The number of piperidine rings is 1. The van der Waals surface area contributed by atoms with Crippen molar-refractivity contribution in [2.75, 3.05) is 7.11 Å². The monoisotopic (exact) mass is 429 g/mol. The van der Waals surface area contributed by atoms with Gasteiger partial charge < -0.3 is 15.4 Å². The maximum Gasteiger partial charge on any atom is 0.280 e. The van der Waals surface area contributed by atoms with Gasteiger partial charge in [-0.05, 0) is 37.1 Å². The molecule has 2 N–H and O–H groups in total. The molecule has 0 saturated carbocycles. The second-order valence-corrected chi connectivity index (χ2v) is 7.35. The van der Waals surface area contributed by atoms with Crippen molar-refractivity contribution in [2.45, 2.75) is 38.3 Å². The molecule has 0 bridgehead atoms. The average molecular weight is 429 g/mol. The molecule has 162 valence electrons. The van der Waals surface area contributed by atoms with Crippen LogP contribution < -0.4 is 15.4 Å². The fourth-order valence-electron chi connectivity index (χ4n) is 3.76. The predicted octanol–water partition coefficient (Wildman–Crippen LogP) is 2.73. The van der Waals surface area contributed by atoms with Gasteiger partial charge in [0.05, 0.1) is 25.4 Å². The van der Waals surface area contributed by atoms with Crippen LogP contribution in [0.4, 0.5) is 8.78 Å². The number of aryl methyl sites for hydroxylation is 1. The molecule has 4 rings (SSSR count). The van der Waals surface area contributed by atoms with Crippen molar-refractivity contribution < 1.29 is 23.1 Å². The van der Waals surface area contributed by atoms with Crippen molar-refractivity contribution in [3.63, 3.8) is 0 Å². The molecule has 2 atom stereocenters. The topological polar surface area (TPSA) is 97.6 Å². The quantitative estimate of drug-likeness (QED) is 0.650. The Balaban J connectivity index is 1.62. The molecule has 2 amide bonds. The van der Waals surface area contributed by atoms with Crippen molar-refractivity contribution in [3.05, 3.63) is 59.0 Å². The van der Waals surface area contributed by atoms with Crippen molar-refractivity contribution in [2.24, 2.45) is 0 Å². The van der Waals surface area contributed by atoms with E-state index in [4.69, 9.17) is 4.74 Å². The van der Waals surface area contributed by atoms with E-state index in [9.17, 15) is 18.4 Å². The summed E-state index contributed by atoms with van der Waals surface area (Å²) < 4.78 is 32.9. The van der Waals surface area contributed by atoms with Gasteiger partial charge in [-0.3, -0.25) is 9.59 Å². The number of fused-ring (bicyclic) bond motifs is 1. The first-order chi connectivity index (χ1) is 14.9. The minimum absolute atomic E-state index is 0.0636. The molecule has 1 fully saturated rings. The SMILES string of the molecule is COc1ccc(C2NC(=O)CCC2NC(=O)c2cnn3c(C(F)F)cc(C)nc23)cc1. The highest BCUT2D eigenvalue weighted by atomic mass is 19.3. The summed E-state index contributed by atoms with van der Waals surface area (Å²) >= 11 is 0. The minimum Gasteiger partial charge on any atom is -0.497 e. The molecule has 1 saturated heterocycles. The number of nitrogens with one attached hydrogen (secondary N) is 2. The first-order valence-electron chi connectivity index (χ1n) is 9.75. The maximum absolute atomic E-state index is 13.4. The molecule has 2 unspecified atom stereocenters. The fraction of sp³-hybridized carbons (Fsp3) is 0.333. The van der Waals surface area contributed by atoms with Crippen LogP contribution in [0, 0.1) is 6.92 Å². The number of nitrogens with zero attached hydrogens (tertiary/aromatic N) is 3. The van der Waals surface area contributed by atoms with E-state index in [1.165, 1.54) is 12.3 Å². The third-order valence-corrected chi connectivity index (χ3v) is 5.29. The van der Waals surface area contributed by atoms with Gasteiger partial charge in [0.25, 0.3) is 12.3 Å². The Morgan fingerprint density at radius 1 is 1.32 bits per heavy atom. The molecule has 0 radical (unpaired) electrons. The standard InChI is InChI=1S/C21H21F2N5O3/c1-11-9-16(19(22)23)28-20(25-11)14(10-24-28)21(30)26-15-7-8-17(29)27-18(15)12-3-5-13(31-2)6-4-12/h3-6,9-10,15,18-19H,7-8H2,1-2H3,(H,26,30)(H,27,29). The van der Waals surface area contributed by atoms with Crippen LogP contribution in [0.5, 0.6) is 5.75 Å². The Labute approximate surface area is 176 Å². The van der Waals surface area contributed by atoms with Gasteiger partial charge in [-0.2, -0.15) is 5.10 Å². The van der Waals surface area contributed by atoms with E-state index >= 15 is 0 Å². The van der Waals surface area contributed by atoms with Gasteiger partial charge in [-0.1, -0.05) is 12.1 Å². The lowest BCUT2D eigenvalue weighted by Crippen LogP contribution is -2.50. The lowest BCUT2D eigenvalue weighted by atomic mass is 9.91. The number of aromatic nitrogens is 3. The summed E-state index contributed by atoms with van der Waals surface area (Å²) in [7, 11) is 1.56. The molecule has 3 heterocycles. The number of halogens is 2. The minimum atomic E-state index is -2.76. The van der Waals surface area contributed by atoms with Gasteiger partial charge >= 0.3 is 0 Å². The van der Waals surface area contributed by atoms with Gasteiger partial charge in [-0.25, -0.2) is 18.3 Å². The fourth-order valence-corrected chi connectivity index (χ4v) is 3.76. The number of ether oxygens (including phenoxy) is 1. The molecule has 10 heteroatoms. The van der Waals surface area contributed by atoms with E-state index in [0.29, 0.717) is 17.9 Å². The predicted molar refractivity (Wildman–Crippen MR) is 107 cm³/mol. The summed E-state index contributed by atoms with van der Waals surface area (Å²) in [6.45, 7) is 1.58. The number of amides is 2. The number of carbonyl (C=O) groups is 2. The largest absolute Gasteiger partial charge is 0.497 e. The first-order valence-corrected chi connectivity index (χ1v) is 9.75. The summed E-state index contributed by atoms with van der Waals surface area (Å²) in [4.78, 5) is 29.2. The highest BCUT2D eigenvalue weighted by Gasteiger charge is 2.32. The molecular weight excluding hydrogens is 408 g/mol. The van der Waals surface area contributed by atoms with E-state index in [-0.39, 0.29) is 29.2 Å². The molecule has 3 aromatic rings. The number of hydrogen-bond donors (Lipinski definition) is 2. The highest BCUT2D eigenvalue weighted by Crippen LogP contribution is 2.27. The maximum atomic E-state index is 13.4. The number of hydrogen-bond acceptors (Lipinski definition) is 5. The van der Waals surface area contributed by atoms with Crippen molar-refractivity contribution in [3.8, 4) is 5.75 Å². The summed E-state index contributed by atoms with van der Waals surface area (Å²) in [6.07, 6.45) is -0.832. The lowest BCUT2D eigenvalue weighted by Gasteiger charge is -2.33. The molecule has 8 nitrogen and oxygen atoms in total. The third kappa shape index (κ3) is 4.05. The zero-order valence-electron chi connectivity index (χ0n) is 16.9. The number of benzene rings is 1. The molecule has 31 heavy (non-hydrogen) atoms. The molecule has 0 spiro atoms. The zero-order chi connectivity index (χ0) is 22.1. The Bertz CT molecular complexity index is 1130. The van der Waals surface area contributed by atoms with E-state index in [1.54, 1.807) is 26.2 Å². The summed E-state index contributed by atoms with van der Waals surface area (Å²) in [5.41, 5.74) is 0.999. The molecule has 1 aliphatic heterocycles. The summed E-state index contributed by atoms with van der Waals surface area (Å²) in [5, 5.41) is 9.76. The molecule has 1 aliphatic rings. The van der Waals surface area contributed by atoms with Crippen molar-refractivity contribution in [1.29, 1.82) is 0 Å². The third-order valence-electron chi connectivity index (χ3n) is 5.29. The van der Waals surface area contributed by atoms with Gasteiger partial charge in [0, 0.05) is 12.1 Å².